The highest BCUT2D eigenvalue weighted by molar-refractivity contribution is 5.36. The molecule has 1 saturated carbocycles. The summed E-state index contributed by atoms with van der Waals surface area (Å²) >= 11 is 0. The summed E-state index contributed by atoms with van der Waals surface area (Å²) in [6.07, 6.45) is 5.14. The summed E-state index contributed by atoms with van der Waals surface area (Å²) in [5, 5.41) is 12.9. The molecule has 0 spiro atoms. The Kier molecular flexibility index (Phi) is 5.23. The third kappa shape index (κ3) is 3.48. The van der Waals surface area contributed by atoms with Crippen LogP contribution in [-0.4, -0.2) is 24.9 Å². The molecule has 0 aliphatic heterocycles. The first-order valence-electron chi connectivity index (χ1n) is 7.26. The van der Waals surface area contributed by atoms with Gasteiger partial charge in [-0.25, -0.2) is 0 Å². The van der Waals surface area contributed by atoms with E-state index in [0.29, 0.717) is 5.92 Å². The van der Waals surface area contributed by atoms with Crippen LogP contribution in [0.1, 0.15) is 44.2 Å². The Hall–Kier alpha value is -1.06. The van der Waals surface area contributed by atoms with Gasteiger partial charge in [-0.15, -0.1) is 0 Å². The zero-order valence-corrected chi connectivity index (χ0v) is 11.9. The van der Waals surface area contributed by atoms with Gasteiger partial charge in [0.2, 0.25) is 0 Å². The van der Waals surface area contributed by atoms with Gasteiger partial charge in [-0.05, 0) is 31.7 Å². The minimum atomic E-state index is 0.107. The van der Waals surface area contributed by atoms with E-state index in [-0.39, 0.29) is 18.7 Å². The molecule has 1 aromatic carbocycles. The van der Waals surface area contributed by atoms with Crippen LogP contribution in [0.2, 0.25) is 0 Å². The highest BCUT2D eigenvalue weighted by Gasteiger charge is 2.29. The number of ether oxygens (including phenoxy) is 1. The summed E-state index contributed by atoms with van der Waals surface area (Å²) in [7, 11) is 1.72. The number of aliphatic hydroxyl groups excluding tert-OH is 1. The lowest BCUT2D eigenvalue weighted by Gasteiger charge is -2.29. The molecular formula is C16H25NO2. The van der Waals surface area contributed by atoms with Gasteiger partial charge in [-0.3, -0.25) is 0 Å². The number of benzene rings is 1. The maximum absolute atomic E-state index is 9.31. The van der Waals surface area contributed by atoms with Crippen LogP contribution in [0.4, 0.5) is 0 Å². The second kappa shape index (κ2) is 6.92. The first kappa shape index (κ1) is 14.4. The fraction of sp³-hybridized carbons (Fsp3) is 0.625. The molecule has 2 N–H and O–H groups in total. The van der Waals surface area contributed by atoms with Gasteiger partial charge in [0.25, 0.3) is 0 Å². The molecule has 1 unspecified atom stereocenters. The van der Waals surface area contributed by atoms with Gasteiger partial charge in [0.1, 0.15) is 5.75 Å². The molecule has 3 nitrogen and oxygen atoms in total. The molecule has 0 heterocycles. The second-order valence-electron chi connectivity index (χ2n) is 5.51. The predicted molar refractivity (Wildman–Crippen MR) is 77.4 cm³/mol. The maximum atomic E-state index is 9.31. The van der Waals surface area contributed by atoms with E-state index >= 15 is 0 Å². The van der Waals surface area contributed by atoms with E-state index in [0.717, 1.165) is 5.75 Å². The third-order valence-electron chi connectivity index (χ3n) is 4.08. The topological polar surface area (TPSA) is 41.5 Å². The van der Waals surface area contributed by atoms with E-state index < -0.39 is 0 Å². The van der Waals surface area contributed by atoms with Gasteiger partial charge in [-0.2, -0.15) is 0 Å². The molecule has 106 valence electrons. The SMILES string of the molecule is COc1ccccc1C(N[C@H](C)CO)C1CCCC1. The molecule has 0 saturated heterocycles. The Morgan fingerprint density at radius 1 is 1.32 bits per heavy atom. The Bertz CT molecular complexity index is 388. The van der Waals surface area contributed by atoms with E-state index in [2.05, 4.69) is 17.4 Å². The van der Waals surface area contributed by atoms with E-state index in [4.69, 9.17) is 4.74 Å². The number of hydrogen-bond acceptors (Lipinski definition) is 3. The van der Waals surface area contributed by atoms with Crippen LogP contribution in [0.3, 0.4) is 0 Å². The largest absolute Gasteiger partial charge is 0.496 e. The Morgan fingerprint density at radius 2 is 2.00 bits per heavy atom. The molecular weight excluding hydrogens is 238 g/mol. The summed E-state index contributed by atoms with van der Waals surface area (Å²) in [6.45, 7) is 2.19. The molecule has 0 radical (unpaired) electrons. The average molecular weight is 263 g/mol. The summed E-state index contributed by atoms with van der Waals surface area (Å²) in [5.41, 5.74) is 1.22. The quantitative estimate of drug-likeness (QED) is 0.829. The van der Waals surface area contributed by atoms with Crippen LogP contribution in [0.25, 0.3) is 0 Å². The minimum Gasteiger partial charge on any atom is -0.496 e. The zero-order chi connectivity index (χ0) is 13.7. The van der Waals surface area contributed by atoms with Crippen LogP contribution in [0.15, 0.2) is 24.3 Å². The standard InChI is InChI=1S/C16H25NO2/c1-12(11-18)17-16(13-7-3-4-8-13)14-9-5-6-10-15(14)19-2/h5-6,9-10,12-13,16-18H,3-4,7-8,11H2,1-2H3/t12-,16?/m1/s1. The number of nitrogens with one attached hydrogen (secondary N) is 1. The van der Waals surface area contributed by atoms with Crippen LogP contribution in [0.5, 0.6) is 5.75 Å². The van der Waals surface area contributed by atoms with Gasteiger partial charge >= 0.3 is 0 Å². The van der Waals surface area contributed by atoms with Crippen molar-refractivity contribution in [1.82, 2.24) is 5.32 Å². The molecule has 2 rings (SSSR count). The molecule has 0 bridgehead atoms. The monoisotopic (exact) mass is 263 g/mol. The van der Waals surface area contributed by atoms with Gasteiger partial charge < -0.3 is 15.2 Å². The first-order valence-corrected chi connectivity index (χ1v) is 7.26. The fourth-order valence-corrected chi connectivity index (χ4v) is 3.05. The van der Waals surface area contributed by atoms with E-state index in [1.165, 1.54) is 31.2 Å². The van der Waals surface area contributed by atoms with E-state index in [1.807, 2.05) is 19.1 Å². The second-order valence-corrected chi connectivity index (χ2v) is 5.51. The minimum absolute atomic E-state index is 0.107. The summed E-state index contributed by atoms with van der Waals surface area (Å²) in [4.78, 5) is 0. The molecule has 1 aliphatic rings. The van der Waals surface area contributed by atoms with Gasteiger partial charge in [0.15, 0.2) is 0 Å². The third-order valence-corrected chi connectivity index (χ3v) is 4.08. The number of aliphatic hydroxyl groups is 1. The number of methoxy groups -OCH3 is 1. The molecule has 1 fully saturated rings. The highest BCUT2D eigenvalue weighted by atomic mass is 16.5. The maximum Gasteiger partial charge on any atom is 0.123 e. The lowest BCUT2D eigenvalue weighted by Crippen LogP contribution is -2.36. The lowest BCUT2D eigenvalue weighted by molar-refractivity contribution is 0.222. The van der Waals surface area contributed by atoms with Crippen molar-refractivity contribution in [1.29, 1.82) is 0 Å². The zero-order valence-electron chi connectivity index (χ0n) is 11.9. The molecule has 1 aliphatic carbocycles. The molecule has 19 heavy (non-hydrogen) atoms. The average Bonchev–Trinajstić information content (AvgIpc) is 2.98. The fourth-order valence-electron chi connectivity index (χ4n) is 3.05. The van der Waals surface area contributed by atoms with E-state index in [9.17, 15) is 5.11 Å². The normalized spacial score (nSPS) is 19.3. The van der Waals surface area contributed by atoms with Crippen molar-refractivity contribution in [3.8, 4) is 5.75 Å². The van der Waals surface area contributed by atoms with Crippen molar-refractivity contribution < 1.29 is 9.84 Å². The number of rotatable bonds is 6. The highest BCUT2D eigenvalue weighted by Crippen LogP contribution is 2.39. The molecule has 2 atom stereocenters. The van der Waals surface area contributed by atoms with Crippen molar-refractivity contribution >= 4 is 0 Å². The van der Waals surface area contributed by atoms with Crippen LogP contribution >= 0.6 is 0 Å². The first-order chi connectivity index (χ1) is 9.26. The molecule has 0 amide bonds. The van der Waals surface area contributed by atoms with Crippen molar-refractivity contribution in [2.45, 2.75) is 44.7 Å². The van der Waals surface area contributed by atoms with Gasteiger partial charge in [0.05, 0.1) is 13.7 Å². The summed E-state index contributed by atoms with van der Waals surface area (Å²) in [6, 6.07) is 8.60. The van der Waals surface area contributed by atoms with E-state index in [1.54, 1.807) is 7.11 Å². The van der Waals surface area contributed by atoms with Gasteiger partial charge in [-0.1, -0.05) is 31.0 Å². The Morgan fingerprint density at radius 3 is 2.63 bits per heavy atom. The lowest BCUT2D eigenvalue weighted by atomic mass is 9.90. The van der Waals surface area contributed by atoms with Crippen LogP contribution < -0.4 is 10.1 Å². The number of hydrogen-bond donors (Lipinski definition) is 2. The molecule has 3 heteroatoms. The smallest absolute Gasteiger partial charge is 0.123 e. The van der Waals surface area contributed by atoms with Crippen molar-refractivity contribution in [3.05, 3.63) is 29.8 Å². The molecule has 0 aromatic heterocycles. The Balaban J connectivity index is 2.24. The van der Waals surface area contributed by atoms with Crippen molar-refractivity contribution in [3.63, 3.8) is 0 Å². The predicted octanol–water partition coefficient (Wildman–Crippen LogP) is 2.90. The van der Waals surface area contributed by atoms with Crippen LogP contribution in [-0.2, 0) is 0 Å². The summed E-state index contributed by atoms with van der Waals surface area (Å²) in [5.74, 6) is 1.59. The van der Waals surface area contributed by atoms with Gasteiger partial charge in [0, 0.05) is 17.6 Å². The van der Waals surface area contributed by atoms with Crippen LogP contribution in [0, 0.1) is 5.92 Å². The number of para-hydroxylation sites is 1. The van der Waals surface area contributed by atoms with Crippen molar-refractivity contribution in [2.24, 2.45) is 5.92 Å². The molecule has 1 aromatic rings. The Labute approximate surface area is 116 Å². The van der Waals surface area contributed by atoms with Crippen molar-refractivity contribution in [2.75, 3.05) is 13.7 Å². The summed E-state index contributed by atoms with van der Waals surface area (Å²) < 4.78 is 5.50.